The summed E-state index contributed by atoms with van der Waals surface area (Å²) in [6, 6.07) is 6.46. The molecule has 21 heavy (non-hydrogen) atoms. The van der Waals surface area contributed by atoms with E-state index in [4.69, 9.17) is 21.1 Å². The van der Waals surface area contributed by atoms with Gasteiger partial charge >= 0.3 is 11.9 Å². The predicted octanol–water partition coefficient (Wildman–Crippen LogP) is 2.29. The van der Waals surface area contributed by atoms with E-state index >= 15 is 0 Å². The summed E-state index contributed by atoms with van der Waals surface area (Å²) < 4.78 is 9.75. The number of esters is 2. The van der Waals surface area contributed by atoms with Crippen LogP contribution >= 0.6 is 11.6 Å². The molecule has 1 rings (SSSR count). The highest BCUT2D eigenvalue weighted by Gasteiger charge is 2.47. The number of carbonyl (C=O) groups is 2. The zero-order valence-corrected chi connectivity index (χ0v) is 13.0. The van der Waals surface area contributed by atoms with E-state index in [1.165, 1.54) is 6.92 Å². The molecule has 0 saturated heterocycles. The number of hydrogen-bond acceptors (Lipinski definition) is 5. The first-order chi connectivity index (χ1) is 9.86. The normalized spacial score (nSPS) is 13.6. The van der Waals surface area contributed by atoms with Crippen LogP contribution in [0, 0.1) is 5.92 Å². The Morgan fingerprint density at radius 3 is 2.10 bits per heavy atom. The van der Waals surface area contributed by atoms with Gasteiger partial charge in [-0.15, -0.1) is 0 Å². The SMILES string of the molecule is CCOC(=O)C(C(=O)OCC)C(C)(O)c1ccccc1Cl. The standard InChI is InChI=1S/C15H19ClO5/c1-4-20-13(17)12(14(18)21-5-2)15(3,19)10-8-6-7-9-11(10)16/h6-9,12,19H,4-5H2,1-3H3. The Balaban J connectivity index is 3.26. The molecular formula is C15H19ClO5. The van der Waals surface area contributed by atoms with E-state index in [0.717, 1.165) is 0 Å². The van der Waals surface area contributed by atoms with Gasteiger partial charge in [0.2, 0.25) is 0 Å². The van der Waals surface area contributed by atoms with Gasteiger partial charge in [-0.1, -0.05) is 29.8 Å². The Bertz CT molecular complexity index is 495. The molecule has 1 aromatic carbocycles. The van der Waals surface area contributed by atoms with Gasteiger partial charge in [-0.25, -0.2) is 0 Å². The Kier molecular flexibility index (Phi) is 6.18. The number of halogens is 1. The second-order valence-corrected chi connectivity index (χ2v) is 4.97. The molecule has 0 aliphatic heterocycles. The molecule has 0 amide bonds. The minimum Gasteiger partial charge on any atom is -0.465 e. The molecule has 116 valence electrons. The number of ether oxygens (including phenoxy) is 2. The largest absolute Gasteiger partial charge is 0.465 e. The lowest BCUT2D eigenvalue weighted by Crippen LogP contribution is -2.44. The van der Waals surface area contributed by atoms with Gasteiger partial charge in [-0.05, 0) is 26.8 Å². The monoisotopic (exact) mass is 314 g/mol. The van der Waals surface area contributed by atoms with E-state index in [1.807, 2.05) is 0 Å². The molecule has 0 bridgehead atoms. The molecule has 1 unspecified atom stereocenters. The van der Waals surface area contributed by atoms with Crippen molar-refractivity contribution in [3.63, 3.8) is 0 Å². The molecule has 0 fully saturated rings. The molecule has 0 saturated carbocycles. The number of hydrogen-bond donors (Lipinski definition) is 1. The molecule has 6 heteroatoms. The smallest absolute Gasteiger partial charge is 0.323 e. The summed E-state index contributed by atoms with van der Waals surface area (Å²) in [6.45, 7) is 4.75. The van der Waals surface area contributed by atoms with Crippen molar-refractivity contribution in [2.45, 2.75) is 26.4 Å². The average molecular weight is 315 g/mol. The van der Waals surface area contributed by atoms with E-state index in [-0.39, 0.29) is 23.8 Å². The number of rotatable bonds is 6. The van der Waals surface area contributed by atoms with Crippen molar-refractivity contribution in [1.29, 1.82) is 0 Å². The zero-order valence-electron chi connectivity index (χ0n) is 12.3. The van der Waals surface area contributed by atoms with Crippen LogP contribution < -0.4 is 0 Å². The van der Waals surface area contributed by atoms with Gasteiger partial charge in [-0.2, -0.15) is 0 Å². The highest BCUT2D eigenvalue weighted by atomic mass is 35.5. The summed E-state index contributed by atoms with van der Waals surface area (Å²) in [6.07, 6.45) is 0. The molecule has 1 aromatic rings. The van der Waals surface area contributed by atoms with Gasteiger partial charge < -0.3 is 14.6 Å². The van der Waals surface area contributed by atoms with Crippen molar-refractivity contribution >= 4 is 23.5 Å². The number of carbonyl (C=O) groups excluding carboxylic acids is 2. The van der Waals surface area contributed by atoms with Crippen LogP contribution in [0.3, 0.4) is 0 Å². The van der Waals surface area contributed by atoms with E-state index in [2.05, 4.69) is 0 Å². The fourth-order valence-electron chi connectivity index (χ4n) is 2.03. The second kappa shape index (κ2) is 7.43. The predicted molar refractivity (Wildman–Crippen MR) is 77.8 cm³/mol. The summed E-state index contributed by atoms with van der Waals surface area (Å²) in [4.78, 5) is 24.1. The molecule has 0 radical (unpaired) electrons. The lowest BCUT2D eigenvalue weighted by Gasteiger charge is -2.30. The molecule has 0 spiro atoms. The lowest BCUT2D eigenvalue weighted by atomic mass is 9.82. The summed E-state index contributed by atoms with van der Waals surface area (Å²) in [5.74, 6) is -3.20. The van der Waals surface area contributed by atoms with Crippen LogP contribution in [0.2, 0.25) is 5.02 Å². The first-order valence-corrected chi connectivity index (χ1v) is 7.04. The Labute approximate surface area is 128 Å². The lowest BCUT2D eigenvalue weighted by molar-refractivity contribution is -0.174. The van der Waals surface area contributed by atoms with E-state index in [9.17, 15) is 14.7 Å². The summed E-state index contributed by atoms with van der Waals surface area (Å²) in [5, 5.41) is 11.0. The quantitative estimate of drug-likeness (QED) is 0.644. The van der Waals surface area contributed by atoms with Gasteiger partial charge in [0.25, 0.3) is 0 Å². The van der Waals surface area contributed by atoms with Crippen molar-refractivity contribution in [3.8, 4) is 0 Å². The number of benzene rings is 1. The maximum atomic E-state index is 12.1. The van der Waals surface area contributed by atoms with Crippen molar-refractivity contribution in [2.24, 2.45) is 5.92 Å². The van der Waals surface area contributed by atoms with E-state index in [1.54, 1.807) is 38.1 Å². The van der Waals surface area contributed by atoms with Crippen LogP contribution in [-0.2, 0) is 24.7 Å². The van der Waals surface area contributed by atoms with Crippen LogP contribution in [0.4, 0.5) is 0 Å². The van der Waals surface area contributed by atoms with Gasteiger partial charge in [-0.3, -0.25) is 9.59 Å². The third-order valence-corrected chi connectivity index (χ3v) is 3.36. The topological polar surface area (TPSA) is 72.8 Å². The van der Waals surface area contributed by atoms with Crippen LogP contribution in [-0.4, -0.2) is 30.3 Å². The first kappa shape index (κ1) is 17.5. The van der Waals surface area contributed by atoms with Crippen LogP contribution in [0.15, 0.2) is 24.3 Å². The van der Waals surface area contributed by atoms with E-state index in [0.29, 0.717) is 0 Å². The van der Waals surface area contributed by atoms with Gasteiger partial charge in [0.1, 0.15) is 5.60 Å². The molecular weight excluding hydrogens is 296 g/mol. The van der Waals surface area contributed by atoms with Crippen molar-refractivity contribution < 1.29 is 24.2 Å². The summed E-state index contributed by atoms with van der Waals surface area (Å²) in [5.41, 5.74) is -1.57. The van der Waals surface area contributed by atoms with E-state index < -0.39 is 23.5 Å². The Morgan fingerprint density at radius 2 is 1.67 bits per heavy atom. The maximum absolute atomic E-state index is 12.1. The van der Waals surface area contributed by atoms with Crippen LogP contribution in [0.5, 0.6) is 0 Å². The van der Waals surface area contributed by atoms with Gasteiger partial charge in [0.15, 0.2) is 5.92 Å². The van der Waals surface area contributed by atoms with Crippen molar-refractivity contribution in [1.82, 2.24) is 0 Å². The molecule has 1 N–H and O–H groups in total. The minimum absolute atomic E-state index is 0.0906. The van der Waals surface area contributed by atoms with Crippen molar-refractivity contribution in [3.05, 3.63) is 34.9 Å². The average Bonchev–Trinajstić information content (AvgIpc) is 2.39. The first-order valence-electron chi connectivity index (χ1n) is 6.66. The third kappa shape index (κ3) is 3.95. The second-order valence-electron chi connectivity index (χ2n) is 4.56. The molecule has 5 nitrogen and oxygen atoms in total. The summed E-state index contributed by atoms with van der Waals surface area (Å²) >= 11 is 6.05. The van der Waals surface area contributed by atoms with Crippen molar-refractivity contribution in [2.75, 3.05) is 13.2 Å². The zero-order chi connectivity index (χ0) is 16.0. The molecule has 0 aromatic heterocycles. The van der Waals surface area contributed by atoms with Crippen LogP contribution in [0.1, 0.15) is 26.3 Å². The molecule has 0 heterocycles. The van der Waals surface area contributed by atoms with Gasteiger partial charge in [0.05, 0.1) is 13.2 Å². The Hall–Kier alpha value is -1.59. The van der Waals surface area contributed by atoms with Gasteiger partial charge in [0, 0.05) is 10.6 Å². The fourth-order valence-corrected chi connectivity index (χ4v) is 2.36. The summed E-state index contributed by atoms with van der Waals surface area (Å²) in [7, 11) is 0. The minimum atomic E-state index is -1.84. The molecule has 0 aliphatic rings. The Morgan fingerprint density at radius 1 is 1.19 bits per heavy atom. The fraction of sp³-hybridized carbons (Fsp3) is 0.467. The maximum Gasteiger partial charge on any atom is 0.323 e. The number of aliphatic hydroxyl groups is 1. The van der Waals surface area contributed by atoms with Crippen LogP contribution in [0.25, 0.3) is 0 Å². The molecule has 0 aliphatic carbocycles. The highest BCUT2D eigenvalue weighted by molar-refractivity contribution is 6.31. The third-order valence-electron chi connectivity index (χ3n) is 3.03. The highest BCUT2D eigenvalue weighted by Crippen LogP contribution is 2.35. The molecule has 1 atom stereocenters.